The van der Waals surface area contributed by atoms with Gasteiger partial charge in [0, 0.05) is 25.4 Å². The monoisotopic (exact) mass is 381 g/mol. The molecule has 3 rings (SSSR count). The lowest BCUT2D eigenvalue weighted by atomic mass is 10.3. The number of benzene rings is 1. The van der Waals surface area contributed by atoms with E-state index in [2.05, 4.69) is 9.71 Å². The summed E-state index contributed by atoms with van der Waals surface area (Å²) in [4.78, 5) is 15.6. The largest absolute Gasteiger partial charge is 0.273 e. The van der Waals surface area contributed by atoms with E-state index in [1.165, 1.54) is 24.3 Å². The Hall–Kier alpha value is -2.30. The molecule has 0 aliphatic carbocycles. The van der Waals surface area contributed by atoms with Crippen LogP contribution in [0.3, 0.4) is 0 Å². The molecule has 10 heteroatoms. The van der Waals surface area contributed by atoms with Gasteiger partial charge in [-0.1, -0.05) is 6.07 Å². The highest BCUT2D eigenvalue weighted by Crippen LogP contribution is 2.26. The third-order valence-electron chi connectivity index (χ3n) is 3.65. The van der Waals surface area contributed by atoms with Gasteiger partial charge >= 0.3 is 0 Å². The molecule has 1 aromatic carbocycles. The Morgan fingerprint density at radius 1 is 1.16 bits per heavy atom. The van der Waals surface area contributed by atoms with Crippen molar-refractivity contribution in [1.29, 1.82) is 0 Å². The number of hydrogen-bond donors (Lipinski definition) is 1. The first-order valence-corrected chi connectivity index (χ1v) is 10.4. The maximum atomic E-state index is 12.3. The van der Waals surface area contributed by atoms with Crippen LogP contribution in [0, 0.1) is 0 Å². The second kappa shape index (κ2) is 6.54. The van der Waals surface area contributed by atoms with Crippen molar-refractivity contribution in [2.24, 2.45) is 0 Å². The molecule has 1 saturated heterocycles. The molecule has 0 radical (unpaired) electrons. The first-order valence-electron chi connectivity index (χ1n) is 7.34. The van der Waals surface area contributed by atoms with Crippen molar-refractivity contribution in [3.63, 3.8) is 0 Å². The number of carbonyl (C=O) groups is 1. The van der Waals surface area contributed by atoms with Crippen LogP contribution in [-0.4, -0.2) is 33.5 Å². The van der Waals surface area contributed by atoms with Crippen molar-refractivity contribution >= 4 is 31.6 Å². The van der Waals surface area contributed by atoms with E-state index in [0.717, 1.165) is 0 Å². The molecular weight excluding hydrogens is 366 g/mol. The van der Waals surface area contributed by atoms with Crippen LogP contribution in [0.4, 0.5) is 5.69 Å². The standard InChI is InChI=1S/C15H15N3O5S2/c19-15-7-9-24(20,21)18(15)13-3-5-14(6-4-13)25(22,23)17-11-12-2-1-8-16-10-12/h1-6,8,10,17H,7,9,11H2. The molecule has 25 heavy (non-hydrogen) atoms. The van der Waals surface area contributed by atoms with Gasteiger partial charge in [0.2, 0.25) is 26.0 Å². The van der Waals surface area contributed by atoms with E-state index in [-0.39, 0.29) is 29.3 Å². The molecule has 1 aromatic heterocycles. The summed E-state index contributed by atoms with van der Waals surface area (Å²) in [5, 5.41) is 0. The Balaban J connectivity index is 1.78. The molecular formula is C15H15N3O5S2. The van der Waals surface area contributed by atoms with Crippen LogP contribution in [0.1, 0.15) is 12.0 Å². The molecule has 1 N–H and O–H groups in total. The number of carbonyl (C=O) groups excluding carboxylic acids is 1. The van der Waals surface area contributed by atoms with E-state index in [0.29, 0.717) is 9.87 Å². The van der Waals surface area contributed by atoms with Crippen LogP contribution in [0.25, 0.3) is 0 Å². The number of nitrogens with one attached hydrogen (secondary N) is 1. The Kier molecular flexibility index (Phi) is 4.58. The SMILES string of the molecule is O=C1CCS(=O)(=O)N1c1ccc(S(=O)(=O)NCc2cccnc2)cc1. The fourth-order valence-corrected chi connectivity index (χ4v) is 4.87. The minimum atomic E-state index is -3.77. The van der Waals surface area contributed by atoms with Gasteiger partial charge in [-0.3, -0.25) is 9.78 Å². The average Bonchev–Trinajstić information content (AvgIpc) is 2.87. The second-order valence-corrected chi connectivity index (χ2v) is 9.11. The van der Waals surface area contributed by atoms with Crippen LogP contribution in [-0.2, 0) is 31.4 Å². The summed E-state index contributed by atoms with van der Waals surface area (Å²) in [5.41, 5.74) is 0.838. The third kappa shape index (κ3) is 3.70. The quantitative estimate of drug-likeness (QED) is 0.812. The lowest BCUT2D eigenvalue weighted by Gasteiger charge is -2.15. The summed E-state index contributed by atoms with van der Waals surface area (Å²) in [6.07, 6.45) is 3.06. The van der Waals surface area contributed by atoms with E-state index in [9.17, 15) is 21.6 Å². The van der Waals surface area contributed by atoms with E-state index >= 15 is 0 Å². The summed E-state index contributed by atoms with van der Waals surface area (Å²) in [6, 6.07) is 8.58. The minimum absolute atomic E-state index is 0.0239. The zero-order valence-corrected chi connectivity index (χ0v) is 14.6. The molecule has 0 atom stereocenters. The molecule has 0 unspecified atom stereocenters. The molecule has 8 nitrogen and oxygen atoms in total. The first kappa shape index (κ1) is 17.5. The average molecular weight is 381 g/mol. The number of rotatable bonds is 5. The molecule has 0 saturated carbocycles. The lowest BCUT2D eigenvalue weighted by Crippen LogP contribution is -2.29. The van der Waals surface area contributed by atoms with Gasteiger partial charge in [0.1, 0.15) is 0 Å². The summed E-state index contributed by atoms with van der Waals surface area (Å²) < 4.78 is 51.5. The highest BCUT2D eigenvalue weighted by molar-refractivity contribution is 7.94. The second-order valence-electron chi connectivity index (χ2n) is 5.40. The van der Waals surface area contributed by atoms with Gasteiger partial charge in [0.15, 0.2) is 0 Å². The van der Waals surface area contributed by atoms with Gasteiger partial charge in [0.05, 0.1) is 16.3 Å². The Morgan fingerprint density at radius 2 is 1.88 bits per heavy atom. The van der Waals surface area contributed by atoms with Gasteiger partial charge in [-0.05, 0) is 35.9 Å². The zero-order valence-electron chi connectivity index (χ0n) is 13.0. The molecule has 1 aliphatic rings. The number of pyridine rings is 1. The summed E-state index contributed by atoms with van der Waals surface area (Å²) in [6.45, 7) is 0.0803. The van der Waals surface area contributed by atoms with Gasteiger partial charge in [-0.25, -0.2) is 25.9 Å². The number of nitrogens with zero attached hydrogens (tertiary/aromatic N) is 2. The molecule has 0 bridgehead atoms. The van der Waals surface area contributed by atoms with Crippen LogP contribution in [0.5, 0.6) is 0 Å². The minimum Gasteiger partial charge on any atom is -0.273 e. The maximum absolute atomic E-state index is 12.3. The summed E-state index contributed by atoms with van der Waals surface area (Å²) in [7, 11) is -7.44. The van der Waals surface area contributed by atoms with E-state index in [1.54, 1.807) is 24.5 Å². The van der Waals surface area contributed by atoms with Crippen LogP contribution in [0.2, 0.25) is 0 Å². The van der Waals surface area contributed by atoms with Crippen LogP contribution >= 0.6 is 0 Å². The normalized spacial score (nSPS) is 17.0. The third-order valence-corrected chi connectivity index (χ3v) is 6.76. The zero-order chi connectivity index (χ0) is 18.1. The van der Waals surface area contributed by atoms with E-state index in [1.807, 2.05) is 0 Å². The summed E-state index contributed by atoms with van der Waals surface area (Å²) >= 11 is 0. The lowest BCUT2D eigenvalue weighted by molar-refractivity contribution is -0.116. The number of sulfonamides is 2. The molecule has 132 valence electrons. The van der Waals surface area contributed by atoms with Crippen LogP contribution < -0.4 is 9.03 Å². The number of hydrogen-bond acceptors (Lipinski definition) is 6. The van der Waals surface area contributed by atoms with Crippen molar-refractivity contribution in [3.8, 4) is 0 Å². The Morgan fingerprint density at radius 3 is 2.44 bits per heavy atom. The predicted octanol–water partition coefficient (Wildman–Crippen LogP) is 0.627. The smallest absolute Gasteiger partial charge is 0.242 e. The molecule has 2 heterocycles. The number of amides is 1. The van der Waals surface area contributed by atoms with Crippen molar-refractivity contribution in [2.75, 3.05) is 10.1 Å². The highest BCUT2D eigenvalue weighted by Gasteiger charge is 2.36. The maximum Gasteiger partial charge on any atom is 0.242 e. The number of aromatic nitrogens is 1. The van der Waals surface area contributed by atoms with E-state index < -0.39 is 26.0 Å². The van der Waals surface area contributed by atoms with Crippen molar-refractivity contribution in [2.45, 2.75) is 17.9 Å². The summed E-state index contributed by atoms with van der Waals surface area (Å²) in [5.74, 6) is -0.760. The fourth-order valence-electron chi connectivity index (χ4n) is 2.39. The molecule has 0 spiro atoms. The van der Waals surface area contributed by atoms with Gasteiger partial charge in [0.25, 0.3) is 0 Å². The van der Waals surface area contributed by atoms with Crippen LogP contribution in [0.15, 0.2) is 53.7 Å². The van der Waals surface area contributed by atoms with Gasteiger partial charge in [-0.2, -0.15) is 0 Å². The predicted molar refractivity (Wildman–Crippen MR) is 90.6 cm³/mol. The highest BCUT2D eigenvalue weighted by atomic mass is 32.2. The first-order chi connectivity index (χ1) is 11.8. The molecule has 1 fully saturated rings. The topological polar surface area (TPSA) is 114 Å². The van der Waals surface area contributed by atoms with Crippen molar-refractivity contribution in [3.05, 3.63) is 54.4 Å². The Labute approximate surface area is 145 Å². The van der Waals surface area contributed by atoms with E-state index in [4.69, 9.17) is 0 Å². The number of anilines is 1. The molecule has 1 amide bonds. The molecule has 2 aromatic rings. The van der Waals surface area contributed by atoms with Crippen molar-refractivity contribution < 1.29 is 21.6 Å². The van der Waals surface area contributed by atoms with Gasteiger partial charge < -0.3 is 0 Å². The van der Waals surface area contributed by atoms with Gasteiger partial charge in [-0.15, -0.1) is 0 Å². The Bertz CT molecular complexity index is 987. The molecule has 1 aliphatic heterocycles. The fraction of sp³-hybridized carbons (Fsp3) is 0.200. The van der Waals surface area contributed by atoms with Crippen molar-refractivity contribution in [1.82, 2.24) is 9.71 Å².